The molecule has 8 heteroatoms. The molecule has 0 amide bonds. The second-order valence-electron chi connectivity index (χ2n) is 3.88. The molecule has 0 saturated carbocycles. The van der Waals surface area contributed by atoms with Crippen molar-refractivity contribution in [2.45, 2.75) is 10.3 Å². The Bertz CT molecular complexity index is 578. The summed E-state index contributed by atoms with van der Waals surface area (Å²) in [6.07, 6.45) is 3.39. The third kappa shape index (κ3) is 2.36. The molecular weight excluding hydrogens is 290 g/mol. The first kappa shape index (κ1) is 14.3. The molecule has 0 fully saturated rings. The summed E-state index contributed by atoms with van der Waals surface area (Å²) in [6.45, 7) is -0.00249. The van der Waals surface area contributed by atoms with E-state index in [4.69, 9.17) is 9.47 Å². The number of hydrogen-bond acceptors (Lipinski definition) is 6. The largest absolute Gasteiger partial charge is 0.492 e. The van der Waals surface area contributed by atoms with E-state index in [1.807, 2.05) is 0 Å². The van der Waals surface area contributed by atoms with Crippen LogP contribution >= 0.6 is 11.3 Å². The Labute approximate surface area is 115 Å². The lowest BCUT2D eigenvalue weighted by atomic mass is 10.3. The third-order valence-corrected chi connectivity index (χ3v) is 6.19. The molecule has 0 aliphatic carbocycles. The maximum atomic E-state index is 12.6. The molecule has 1 aromatic heterocycles. The Kier molecular flexibility index (Phi) is 4.14. The first-order valence-corrected chi connectivity index (χ1v) is 7.87. The summed E-state index contributed by atoms with van der Waals surface area (Å²) in [5, 5.41) is 10.8. The third-order valence-electron chi connectivity index (χ3n) is 2.85. The highest BCUT2D eigenvalue weighted by Crippen LogP contribution is 2.42. The van der Waals surface area contributed by atoms with Crippen LogP contribution in [0.2, 0.25) is 0 Å². The quantitative estimate of drug-likeness (QED) is 0.810. The summed E-state index contributed by atoms with van der Waals surface area (Å²) in [4.78, 5) is 0. The Morgan fingerprint density at radius 3 is 2.79 bits per heavy atom. The number of hydrogen-bond donors (Lipinski definition) is 1. The number of methoxy groups -OCH3 is 2. The summed E-state index contributed by atoms with van der Waals surface area (Å²) in [5.41, 5.74) is 0. The van der Waals surface area contributed by atoms with Crippen LogP contribution in [-0.2, 0) is 10.0 Å². The molecule has 1 aromatic rings. The van der Waals surface area contributed by atoms with E-state index in [9.17, 15) is 13.5 Å². The highest BCUT2D eigenvalue weighted by Gasteiger charge is 2.36. The van der Waals surface area contributed by atoms with E-state index in [0.29, 0.717) is 5.75 Å². The molecule has 1 aliphatic rings. The SMILES string of the molecule is COc1csc(S(=O)(=O)N2CC=CC2CO)c1OC. The van der Waals surface area contributed by atoms with Gasteiger partial charge in [0.25, 0.3) is 10.0 Å². The molecule has 1 atom stereocenters. The van der Waals surface area contributed by atoms with Crippen LogP contribution in [0.4, 0.5) is 0 Å². The van der Waals surface area contributed by atoms with Crippen molar-refractivity contribution in [3.8, 4) is 11.5 Å². The van der Waals surface area contributed by atoms with Gasteiger partial charge in [-0.2, -0.15) is 4.31 Å². The normalized spacial score (nSPS) is 19.8. The smallest absolute Gasteiger partial charge is 0.257 e. The Hall–Kier alpha value is -1.09. The summed E-state index contributed by atoms with van der Waals surface area (Å²) in [7, 11) is -0.856. The minimum Gasteiger partial charge on any atom is -0.492 e. The maximum absolute atomic E-state index is 12.6. The minimum absolute atomic E-state index is 0.0917. The van der Waals surface area contributed by atoms with Gasteiger partial charge < -0.3 is 14.6 Å². The molecule has 0 spiro atoms. The van der Waals surface area contributed by atoms with Gasteiger partial charge in [0.2, 0.25) is 0 Å². The lowest BCUT2D eigenvalue weighted by Crippen LogP contribution is -2.37. The van der Waals surface area contributed by atoms with Crippen LogP contribution < -0.4 is 9.47 Å². The second-order valence-corrected chi connectivity index (χ2v) is 6.84. The molecule has 2 heterocycles. The number of sulfonamides is 1. The Morgan fingerprint density at radius 2 is 2.21 bits per heavy atom. The highest BCUT2D eigenvalue weighted by atomic mass is 32.2. The predicted molar refractivity (Wildman–Crippen MR) is 71.3 cm³/mol. The molecule has 1 aliphatic heterocycles. The Balaban J connectivity index is 2.43. The summed E-state index contributed by atoms with van der Waals surface area (Å²) < 4.78 is 36.6. The van der Waals surface area contributed by atoms with E-state index in [1.54, 1.807) is 17.5 Å². The van der Waals surface area contributed by atoms with Crippen molar-refractivity contribution in [2.75, 3.05) is 27.4 Å². The lowest BCUT2D eigenvalue weighted by molar-refractivity contribution is 0.230. The zero-order valence-corrected chi connectivity index (χ0v) is 12.2. The van der Waals surface area contributed by atoms with Gasteiger partial charge in [-0.25, -0.2) is 8.42 Å². The topological polar surface area (TPSA) is 76.1 Å². The number of thiophene rings is 1. The van der Waals surface area contributed by atoms with Gasteiger partial charge in [-0.15, -0.1) is 11.3 Å². The van der Waals surface area contributed by atoms with Crippen molar-refractivity contribution in [3.63, 3.8) is 0 Å². The van der Waals surface area contributed by atoms with E-state index in [2.05, 4.69) is 0 Å². The molecule has 2 rings (SSSR count). The molecule has 1 unspecified atom stereocenters. The first-order valence-electron chi connectivity index (χ1n) is 5.55. The van der Waals surface area contributed by atoms with E-state index < -0.39 is 16.1 Å². The van der Waals surface area contributed by atoms with E-state index in [0.717, 1.165) is 11.3 Å². The van der Waals surface area contributed by atoms with Crippen molar-refractivity contribution in [3.05, 3.63) is 17.5 Å². The monoisotopic (exact) mass is 305 g/mol. The van der Waals surface area contributed by atoms with Crippen LogP contribution in [0.5, 0.6) is 11.5 Å². The van der Waals surface area contributed by atoms with Crippen LogP contribution in [0, 0.1) is 0 Å². The molecular formula is C11H15NO5S2. The van der Waals surface area contributed by atoms with E-state index in [1.165, 1.54) is 18.5 Å². The molecule has 1 N–H and O–H groups in total. The molecule has 0 radical (unpaired) electrons. The Morgan fingerprint density at radius 1 is 1.47 bits per heavy atom. The number of nitrogens with zero attached hydrogens (tertiary/aromatic N) is 1. The molecule has 0 aromatic carbocycles. The molecule has 106 valence electrons. The average Bonchev–Trinajstić information content (AvgIpc) is 3.04. The van der Waals surface area contributed by atoms with Crippen molar-refractivity contribution in [2.24, 2.45) is 0 Å². The maximum Gasteiger partial charge on any atom is 0.257 e. The van der Waals surface area contributed by atoms with Crippen molar-refractivity contribution < 1.29 is 23.0 Å². The fourth-order valence-electron chi connectivity index (χ4n) is 1.91. The molecule has 0 saturated heterocycles. The van der Waals surface area contributed by atoms with Crippen LogP contribution in [0.1, 0.15) is 0 Å². The number of aliphatic hydroxyl groups is 1. The van der Waals surface area contributed by atoms with E-state index >= 15 is 0 Å². The summed E-state index contributed by atoms with van der Waals surface area (Å²) >= 11 is 1.04. The van der Waals surface area contributed by atoms with Gasteiger partial charge in [0.15, 0.2) is 15.7 Å². The summed E-state index contributed by atoms with van der Waals surface area (Å²) in [5.74, 6) is 0.592. The van der Waals surface area contributed by atoms with Crippen LogP contribution in [0.15, 0.2) is 21.7 Å². The highest BCUT2D eigenvalue weighted by molar-refractivity contribution is 7.91. The standard InChI is InChI=1S/C11H15NO5S2/c1-16-9-7-18-11(10(9)17-2)19(14,15)12-5-3-4-8(12)6-13/h3-4,7-8,13H,5-6H2,1-2H3. The van der Waals surface area contributed by atoms with Gasteiger partial charge in [0.05, 0.1) is 26.9 Å². The van der Waals surface area contributed by atoms with Gasteiger partial charge >= 0.3 is 0 Å². The zero-order valence-electron chi connectivity index (χ0n) is 10.6. The number of rotatable bonds is 5. The molecule has 19 heavy (non-hydrogen) atoms. The van der Waals surface area contributed by atoms with E-state index in [-0.39, 0.29) is 23.1 Å². The minimum atomic E-state index is -3.71. The van der Waals surface area contributed by atoms with Crippen LogP contribution in [0.3, 0.4) is 0 Å². The van der Waals surface area contributed by atoms with Crippen LogP contribution in [-0.4, -0.2) is 51.2 Å². The van der Waals surface area contributed by atoms with Gasteiger partial charge in [0, 0.05) is 11.9 Å². The lowest BCUT2D eigenvalue weighted by Gasteiger charge is -2.21. The molecule has 6 nitrogen and oxygen atoms in total. The number of aliphatic hydroxyl groups excluding tert-OH is 1. The molecule has 0 bridgehead atoms. The zero-order chi connectivity index (χ0) is 14.0. The van der Waals surface area contributed by atoms with Crippen molar-refractivity contribution in [1.82, 2.24) is 4.31 Å². The van der Waals surface area contributed by atoms with Crippen molar-refractivity contribution >= 4 is 21.4 Å². The second kappa shape index (κ2) is 5.49. The average molecular weight is 305 g/mol. The fourth-order valence-corrected chi connectivity index (χ4v) is 4.94. The number of ether oxygens (including phenoxy) is 2. The predicted octanol–water partition coefficient (Wildman–Crippen LogP) is 0.687. The summed E-state index contributed by atoms with van der Waals surface area (Å²) in [6, 6.07) is -0.525. The van der Waals surface area contributed by atoms with Crippen LogP contribution in [0.25, 0.3) is 0 Å². The fraction of sp³-hybridized carbons (Fsp3) is 0.455. The van der Waals surface area contributed by atoms with Crippen molar-refractivity contribution in [1.29, 1.82) is 0 Å². The van der Waals surface area contributed by atoms with Gasteiger partial charge in [-0.05, 0) is 0 Å². The van der Waals surface area contributed by atoms with Gasteiger partial charge in [0.1, 0.15) is 0 Å². The van der Waals surface area contributed by atoms with Gasteiger partial charge in [-0.1, -0.05) is 12.2 Å². The first-order chi connectivity index (χ1) is 9.06. The van der Waals surface area contributed by atoms with Gasteiger partial charge in [-0.3, -0.25) is 0 Å².